The number of nitrogens with one attached hydrogen (secondary N) is 3. The van der Waals surface area contributed by atoms with Gasteiger partial charge in [-0.2, -0.15) is 13.2 Å². The molecule has 1 aliphatic rings. The molecule has 0 saturated heterocycles. The Kier molecular flexibility index (Phi) is 8.27. The summed E-state index contributed by atoms with van der Waals surface area (Å²) < 4.78 is 118. The molecule has 2 rings (SSSR count). The third kappa shape index (κ3) is 7.88. The summed E-state index contributed by atoms with van der Waals surface area (Å²) in [5, 5.41) is 11.6. The second-order valence-corrected chi connectivity index (χ2v) is 10.8. The van der Waals surface area contributed by atoms with Gasteiger partial charge < -0.3 is 25.8 Å². The van der Waals surface area contributed by atoms with Gasteiger partial charge in [0, 0.05) is 12.1 Å². The number of aryl methyl sites for hydroxylation is 1. The normalized spacial score (nSPS) is 18.1. The average Bonchev–Trinajstić information content (AvgIpc) is 2.78. The van der Waals surface area contributed by atoms with Crippen molar-refractivity contribution in [3.8, 4) is 5.75 Å². The van der Waals surface area contributed by atoms with Crippen molar-refractivity contribution in [3.05, 3.63) is 28.8 Å². The zero-order valence-corrected chi connectivity index (χ0v) is 20.9. The Labute approximate surface area is 212 Å². The van der Waals surface area contributed by atoms with E-state index in [0.29, 0.717) is 12.5 Å². The first kappa shape index (κ1) is 31.0. The second-order valence-electron chi connectivity index (χ2n) is 8.35. The molecule has 0 saturated carbocycles. The van der Waals surface area contributed by atoms with Gasteiger partial charge in [-0.25, -0.2) is 4.79 Å². The number of carbonyl (C=O) groups is 2. The van der Waals surface area contributed by atoms with Gasteiger partial charge in [-0.1, -0.05) is 26.4 Å². The molecule has 1 aromatic rings. The Morgan fingerprint density at radius 1 is 1.18 bits per heavy atom. The summed E-state index contributed by atoms with van der Waals surface area (Å²) in [4.78, 5) is 22.6. The minimum absolute atomic E-state index is 0.0287. The van der Waals surface area contributed by atoms with Crippen LogP contribution in [0.1, 0.15) is 37.3 Å². The summed E-state index contributed by atoms with van der Waals surface area (Å²) >= 11 is 0. The molecule has 8 nitrogen and oxygen atoms in total. The van der Waals surface area contributed by atoms with Gasteiger partial charge in [-0.3, -0.25) is 10.2 Å². The first-order valence-corrected chi connectivity index (χ1v) is 13.0. The molecule has 0 aromatic heterocycles. The van der Waals surface area contributed by atoms with Crippen LogP contribution in [-0.2, 0) is 20.7 Å². The Balaban J connectivity index is 2.48. The van der Waals surface area contributed by atoms with E-state index in [1.807, 2.05) is 5.32 Å². The highest BCUT2D eigenvalue weighted by atomic mass is 32.5. The number of amides is 1. The van der Waals surface area contributed by atoms with Crippen LogP contribution in [0.3, 0.4) is 0 Å². The van der Waals surface area contributed by atoms with Crippen molar-refractivity contribution in [2.24, 2.45) is 5.73 Å². The van der Waals surface area contributed by atoms with E-state index in [-0.39, 0.29) is 43.9 Å². The molecule has 0 bridgehead atoms. The molecule has 1 aromatic carbocycles. The first-order chi connectivity index (χ1) is 17.2. The topological polar surface area (TPSA) is 127 Å². The van der Waals surface area contributed by atoms with Gasteiger partial charge >= 0.3 is 22.4 Å². The second kappa shape index (κ2) is 10.1. The number of guanidine groups is 1. The minimum atomic E-state index is -10.2. The van der Waals surface area contributed by atoms with Gasteiger partial charge in [0.25, 0.3) is 5.91 Å². The van der Waals surface area contributed by atoms with Gasteiger partial charge in [-0.05, 0) is 49.5 Å². The van der Waals surface area contributed by atoms with Crippen molar-refractivity contribution in [3.63, 3.8) is 0 Å². The molecular formula is C21H26F8N4O4S. The van der Waals surface area contributed by atoms with Crippen molar-refractivity contribution >= 4 is 34.1 Å². The third-order valence-electron chi connectivity index (χ3n) is 5.41. The molecule has 0 radical (unpaired) electrons. The van der Waals surface area contributed by atoms with Gasteiger partial charge in [0.1, 0.15) is 16.7 Å². The fourth-order valence-electron chi connectivity index (χ4n) is 3.60. The van der Waals surface area contributed by atoms with E-state index in [4.69, 9.17) is 15.9 Å². The summed E-state index contributed by atoms with van der Waals surface area (Å²) in [7, 11) is -9.28. The molecule has 5 N–H and O–H groups in total. The van der Waals surface area contributed by atoms with E-state index < -0.39 is 67.8 Å². The highest BCUT2D eigenvalue weighted by Gasteiger charge is 2.66. The summed E-state index contributed by atoms with van der Waals surface area (Å²) in [5.74, 6) is -3.58. The number of rotatable bonds is 10. The fourth-order valence-corrected chi connectivity index (χ4v) is 4.32. The number of fused-ring (bicyclic) bond motifs is 1. The molecule has 2 atom stereocenters. The lowest BCUT2D eigenvalue weighted by Gasteiger charge is -2.41. The van der Waals surface area contributed by atoms with Crippen LogP contribution < -0.4 is 21.1 Å². The van der Waals surface area contributed by atoms with E-state index >= 15 is 0 Å². The number of esters is 1. The Bertz CT molecular complexity index is 1140. The summed E-state index contributed by atoms with van der Waals surface area (Å²) in [6.07, 6.45) is -7.74. The zero-order valence-electron chi connectivity index (χ0n) is 20.1. The molecule has 0 aliphatic carbocycles. The average molecular weight is 583 g/mol. The quantitative estimate of drug-likeness (QED) is 0.102. The van der Waals surface area contributed by atoms with Crippen molar-refractivity contribution in [1.29, 1.82) is 5.41 Å². The number of carbonyl (C=O) groups excluding carboxylic acids is 2. The van der Waals surface area contributed by atoms with Crippen LogP contribution in [0.2, 0.25) is 0 Å². The monoisotopic (exact) mass is 582 g/mol. The number of alkyl halides is 3. The van der Waals surface area contributed by atoms with Gasteiger partial charge in [0.05, 0.1) is 12.7 Å². The van der Waals surface area contributed by atoms with Crippen LogP contribution in [-0.4, -0.2) is 49.8 Å². The number of hydrogen-bond donors (Lipinski definition) is 4. The van der Waals surface area contributed by atoms with Crippen molar-refractivity contribution < 1.29 is 51.7 Å². The Morgan fingerprint density at radius 3 is 2.32 bits per heavy atom. The summed E-state index contributed by atoms with van der Waals surface area (Å²) in [6.45, 7) is 1.45. The molecule has 17 heteroatoms. The van der Waals surface area contributed by atoms with E-state index in [9.17, 15) is 42.2 Å². The maximum Gasteiger partial charge on any atom is 0.429 e. The van der Waals surface area contributed by atoms with Gasteiger partial charge in [0.2, 0.25) is 6.10 Å². The largest absolute Gasteiger partial charge is 0.475 e. The van der Waals surface area contributed by atoms with Crippen LogP contribution in [0.25, 0.3) is 6.08 Å². The lowest BCUT2D eigenvalue weighted by molar-refractivity contribution is -0.185. The van der Waals surface area contributed by atoms with Crippen LogP contribution in [0.5, 0.6) is 5.75 Å². The molecule has 1 amide bonds. The first-order valence-electron chi connectivity index (χ1n) is 11.0. The van der Waals surface area contributed by atoms with Crippen LogP contribution >= 0.6 is 10.2 Å². The van der Waals surface area contributed by atoms with Crippen molar-refractivity contribution in [2.75, 3.05) is 13.7 Å². The van der Waals surface area contributed by atoms with E-state index in [1.54, 1.807) is 0 Å². The van der Waals surface area contributed by atoms with E-state index in [1.165, 1.54) is 6.92 Å². The van der Waals surface area contributed by atoms with Crippen molar-refractivity contribution in [2.45, 2.75) is 55.8 Å². The lowest BCUT2D eigenvalue weighted by atomic mass is 9.97. The maximum atomic E-state index is 13.8. The summed E-state index contributed by atoms with van der Waals surface area (Å²) in [6, 6.07) is -1.50. The minimum Gasteiger partial charge on any atom is -0.475 e. The molecule has 1 aliphatic heterocycles. The fraction of sp³-hybridized carbons (Fsp3) is 0.476. The SMILES string of the molecule is CCc1cc(S(F)(F)(F)(F)F)cc2c1O[C@H](C(F)(F)F)C(C(=O)N[C@@H](CCCCNC(=N)N)C(=O)OC)=C2. The number of unbranched alkanes of at least 4 members (excludes halogenated alkanes) is 1. The molecule has 0 spiro atoms. The smallest absolute Gasteiger partial charge is 0.429 e. The Morgan fingerprint density at radius 2 is 1.82 bits per heavy atom. The highest BCUT2D eigenvalue weighted by Crippen LogP contribution is 3.02. The number of methoxy groups -OCH3 is 1. The number of halogens is 8. The lowest BCUT2D eigenvalue weighted by Crippen LogP contribution is -2.48. The number of nitrogens with two attached hydrogens (primary N) is 1. The molecule has 38 heavy (non-hydrogen) atoms. The van der Waals surface area contributed by atoms with E-state index in [2.05, 4.69) is 10.1 Å². The predicted octanol–water partition coefficient (Wildman–Crippen LogP) is 4.92. The number of hydrogen-bond acceptors (Lipinski definition) is 5. The van der Waals surface area contributed by atoms with Gasteiger partial charge in [0.15, 0.2) is 5.96 Å². The predicted molar refractivity (Wildman–Crippen MR) is 123 cm³/mol. The molecule has 0 unspecified atom stereocenters. The van der Waals surface area contributed by atoms with Crippen LogP contribution in [0, 0.1) is 5.41 Å². The highest BCUT2D eigenvalue weighted by molar-refractivity contribution is 8.45. The standard InChI is InChI=1S/C21H26F8N4O4S/c1-3-11-8-13(38(25,26,27,28)29)9-12-10-14(17(21(22,23)24)37-16(11)12)18(34)33-15(19(35)36-2)6-4-5-7-32-20(30)31/h8-10,15,17H,3-7H2,1-2H3,(H,33,34)(H4,30,31,32)/t15-,17-/m0/s1. The number of benzene rings is 1. The van der Waals surface area contributed by atoms with Gasteiger partial charge in [-0.15, -0.1) is 0 Å². The zero-order chi connectivity index (χ0) is 29.2. The third-order valence-corrected chi connectivity index (χ3v) is 6.54. The molecule has 216 valence electrons. The van der Waals surface area contributed by atoms with Crippen LogP contribution in [0.15, 0.2) is 22.6 Å². The van der Waals surface area contributed by atoms with Crippen LogP contribution in [0.4, 0.5) is 32.6 Å². The molecule has 0 fully saturated rings. The molecule has 1 heterocycles. The maximum absolute atomic E-state index is 13.8. The molecular weight excluding hydrogens is 556 g/mol. The van der Waals surface area contributed by atoms with E-state index in [0.717, 1.165) is 7.11 Å². The summed E-state index contributed by atoms with van der Waals surface area (Å²) in [5.41, 5.74) is 2.52. The Hall–Kier alpha value is -3.24. The number of ether oxygens (including phenoxy) is 2. The van der Waals surface area contributed by atoms with Crippen molar-refractivity contribution in [1.82, 2.24) is 10.6 Å².